The summed E-state index contributed by atoms with van der Waals surface area (Å²) in [5.74, 6) is 0.894. The molecule has 3 atom stereocenters. The normalized spacial score (nSPS) is 26.9. The number of aryl methyl sites for hydroxylation is 1. The van der Waals surface area contributed by atoms with E-state index in [4.69, 9.17) is 0 Å². The van der Waals surface area contributed by atoms with E-state index in [0.29, 0.717) is 11.3 Å². The average molecular weight is 296 g/mol. The van der Waals surface area contributed by atoms with Crippen LogP contribution in [0.25, 0.3) is 0 Å². The average Bonchev–Trinajstić information content (AvgIpc) is 2.84. The predicted octanol–water partition coefficient (Wildman–Crippen LogP) is 3.24. The van der Waals surface area contributed by atoms with Crippen molar-refractivity contribution in [2.45, 2.75) is 68.8 Å². The second-order valence-corrected chi connectivity index (χ2v) is 7.06. The van der Waals surface area contributed by atoms with E-state index in [-0.39, 0.29) is 0 Å². The van der Waals surface area contributed by atoms with Gasteiger partial charge in [0.25, 0.3) is 0 Å². The van der Waals surface area contributed by atoms with Gasteiger partial charge in [-0.3, -0.25) is 0 Å². The molecule has 1 aromatic rings. The molecule has 0 aliphatic heterocycles. The monoisotopic (exact) mass is 296 g/mol. The molecule has 20 heavy (non-hydrogen) atoms. The number of hydrogen-bond donors (Lipinski definition) is 1. The first-order valence-electron chi connectivity index (χ1n) is 7.98. The van der Waals surface area contributed by atoms with Crippen molar-refractivity contribution in [3.8, 4) is 0 Å². The Bertz CT molecular complexity index is 393. The third kappa shape index (κ3) is 4.22. The van der Waals surface area contributed by atoms with Crippen molar-refractivity contribution in [3.63, 3.8) is 0 Å². The minimum absolute atomic E-state index is 0.629. The van der Waals surface area contributed by atoms with Gasteiger partial charge in [0.05, 0.1) is 0 Å². The number of aromatic nitrogens is 3. The standard InChI is InChI=1S/C15H28N4S/c1-4-6-12-7-8-13(16-9-5-2)14(10-12)20-15-17-11-18-19(15)3/h11-14,16H,4-10H2,1-3H3. The second-order valence-electron chi connectivity index (χ2n) is 5.85. The Balaban J connectivity index is 1.99. The molecule has 0 amide bonds. The SMILES string of the molecule is CCCNC1CCC(CCC)CC1Sc1ncnn1C. The van der Waals surface area contributed by atoms with Crippen LogP contribution in [0.3, 0.4) is 0 Å². The fourth-order valence-corrected chi connectivity index (χ4v) is 4.45. The fraction of sp³-hybridized carbons (Fsp3) is 0.867. The van der Waals surface area contributed by atoms with Crippen LogP contribution in [0.1, 0.15) is 52.4 Å². The lowest BCUT2D eigenvalue weighted by Crippen LogP contribution is -2.43. The highest BCUT2D eigenvalue weighted by Gasteiger charge is 2.31. The zero-order valence-electron chi connectivity index (χ0n) is 13.0. The summed E-state index contributed by atoms with van der Waals surface area (Å²) in [6.45, 7) is 5.66. The predicted molar refractivity (Wildman–Crippen MR) is 85.0 cm³/mol. The van der Waals surface area contributed by atoms with E-state index in [0.717, 1.165) is 17.6 Å². The number of rotatable bonds is 7. The first-order valence-corrected chi connectivity index (χ1v) is 8.86. The third-order valence-corrected chi connectivity index (χ3v) is 5.58. The molecule has 1 saturated carbocycles. The molecular weight excluding hydrogens is 268 g/mol. The molecule has 1 aliphatic rings. The van der Waals surface area contributed by atoms with Crippen LogP contribution >= 0.6 is 11.8 Å². The summed E-state index contributed by atoms with van der Waals surface area (Å²) in [7, 11) is 1.98. The molecule has 2 rings (SSSR count). The molecule has 3 unspecified atom stereocenters. The number of hydrogen-bond acceptors (Lipinski definition) is 4. The van der Waals surface area contributed by atoms with Crippen molar-refractivity contribution in [2.75, 3.05) is 6.54 Å². The summed E-state index contributed by atoms with van der Waals surface area (Å²) in [5, 5.41) is 9.61. The molecule has 0 aromatic carbocycles. The molecule has 0 saturated heterocycles. The van der Waals surface area contributed by atoms with Crippen molar-refractivity contribution >= 4 is 11.8 Å². The van der Waals surface area contributed by atoms with Crippen LogP contribution in [0.2, 0.25) is 0 Å². The lowest BCUT2D eigenvalue weighted by Gasteiger charge is -2.36. The molecule has 1 N–H and O–H groups in total. The third-order valence-electron chi connectivity index (χ3n) is 4.18. The maximum Gasteiger partial charge on any atom is 0.186 e. The van der Waals surface area contributed by atoms with Crippen LogP contribution in [0.4, 0.5) is 0 Å². The van der Waals surface area contributed by atoms with Crippen molar-refractivity contribution in [3.05, 3.63) is 6.33 Å². The summed E-state index contributed by atoms with van der Waals surface area (Å²) in [4.78, 5) is 4.38. The van der Waals surface area contributed by atoms with Crippen LogP contribution in [-0.2, 0) is 7.05 Å². The quantitative estimate of drug-likeness (QED) is 0.839. The van der Waals surface area contributed by atoms with Gasteiger partial charge in [-0.15, -0.1) is 0 Å². The summed E-state index contributed by atoms with van der Waals surface area (Å²) >= 11 is 1.91. The van der Waals surface area contributed by atoms with Crippen molar-refractivity contribution in [1.82, 2.24) is 20.1 Å². The highest BCUT2D eigenvalue weighted by Crippen LogP contribution is 2.37. The van der Waals surface area contributed by atoms with Gasteiger partial charge in [0.15, 0.2) is 5.16 Å². The molecule has 1 aliphatic carbocycles. The molecule has 1 aromatic heterocycles. The maximum atomic E-state index is 4.38. The van der Waals surface area contributed by atoms with Crippen molar-refractivity contribution in [1.29, 1.82) is 0 Å². The van der Waals surface area contributed by atoms with Gasteiger partial charge in [0.2, 0.25) is 0 Å². The van der Waals surface area contributed by atoms with Gasteiger partial charge >= 0.3 is 0 Å². The molecule has 4 nitrogen and oxygen atoms in total. The van der Waals surface area contributed by atoms with E-state index in [1.54, 1.807) is 6.33 Å². The lowest BCUT2D eigenvalue weighted by molar-refractivity contribution is 0.287. The van der Waals surface area contributed by atoms with Gasteiger partial charge in [-0.2, -0.15) is 5.10 Å². The van der Waals surface area contributed by atoms with Crippen LogP contribution in [0.15, 0.2) is 11.5 Å². The van der Waals surface area contributed by atoms with Gasteiger partial charge in [0.1, 0.15) is 6.33 Å². The van der Waals surface area contributed by atoms with E-state index >= 15 is 0 Å². The molecule has 0 bridgehead atoms. The lowest BCUT2D eigenvalue weighted by atomic mass is 9.83. The molecule has 1 heterocycles. The smallest absolute Gasteiger partial charge is 0.186 e. The topological polar surface area (TPSA) is 42.7 Å². The Kier molecular flexibility index (Phi) is 6.36. The highest BCUT2D eigenvalue weighted by atomic mass is 32.2. The molecule has 1 fully saturated rings. The summed E-state index contributed by atoms with van der Waals surface area (Å²) in [6.07, 6.45) is 9.53. The minimum Gasteiger partial charge on any atom is -0.313 e. The maximum absolute atomic E-state index is 4.38. The fourth-order valence-electron chi connectivity index (χ4n) is 3.10. The van der Waals surface area contributed by atoms with E-state index in [9.17, 15) is 0 Å². The van der Waals surface area contributed by atoms with E-state index in [1.165, 1.54) is 38.5 Å². The molecule has 114 valence electrons. The Morgan fingerprint density at radius 3 is 2.85 bits per heavy atom. The molecule has 0 spiro atoms. The van der Waals surface area contributed by atoms with Crippen molar-refractivity contribution in [2.24, 2.45) is 13.0 Å². The first-order chi connectivity index (χ1) is 9.74. The molecule has 5 heteroatoms. The Morgan fingerprint density at radius 2 is 2.20 bits per heavy atom. The molecular formula is C15H28N4S. The Morgan fingerprint density at radius 1 is 1.35 bits per heavy atom. The summed E-state index contributed by atoms with van der Waals surface area (Å²) in [5.41, 5.74) is 0. The van der Waals surface area contributed by atoms with Gasteiger partial charge in [0, 0.05) is 18.3 Å². The summed E-state index contributed by atoms with van der Waals surface area (Å²) < 4.78 is 1.89. The second kappa shape index (κ2) is 8.03. The van der Waals surface area contributed by atoms with E-state index in [1.807, 2.05) is 23.5 Å². The van der Waals surface area contributed by atoms with E-state index < -0.39 is 0 Å². The zero-order chi connectivity index (χ0) is 14.4. The van der Waals surface area contributed by atoms with Gasteiger partial charge < -0.3 is 5.32 Å². The van der Waals surface area contributed by atoms with Crippen LogP contribution in [0, 0.1) is 5.92 Å². The van der Waals surface area contributed by atoms with Gasteiger partial charge in [-0.25, -0.2) is 9.67 Å². The number of thioether (sulfide) groups is 1. The number of nitrogens with one attached hydrogen (secondary N) is 1. The summed E-state index contributed by atoms with van der Waals surface area (Å²) in [6, 6.07) is 0.629. The van der Waals surface area contributed by atoms with Gasteiger partial charge in [-0.05, 0) is 38.1 Å². The number of nitrogens with zero attached hydrogens (tertiary/aromatic N) is 3. The van der Waals surface area contributed by atoms with Crippen LogP contribution in [0.5, 0.6) is 0 Å². The largest absolute Gasteiger partial charge is 0.313 e. The Hall–Kier alpha value is -0.550. The zero-order valence-corrected chi connectivity index (χ0v) is 13.8. The first kappa shape index (κ1) is 15.8. The molecule has 0 radical (unpaired) electrons. The van der Waals surface area contributed by atoms with Crippen LogP contribution in [-0.4, -0.2) is 32.6 Å². The van der Waals surface area contributed by atoms with Gasteiger partial charge in [-0.1, -0.05) is 38.5 Å². The minimum atomic E-state index is 0.629. The Labute approximate surface area is 127 Å². The van der Waals surface area contributed by atoms with E-state index in [2.05, 4.69) is 29.2 Å². The highest BCUT2D eigenvalue weighted by molar-refractivity contribution is 7.99. The van der Waals surface area contributed by atoms with Crippen molar-refractivity contribution < 1.29 is 0 Å². The van der Waals surface area contributed by atoms with Crippen LogP contribution < -0.4 is 5.32 Å².